The summed E-state index contributed by atoms with van der Waals surface area (Å²) in [4.78, 5) is 4.95. The molecule has 0 bridgehead atoms. The van der Waals surface area contributed by atoms with Crippen molar-refractivity contribution in [1.82, 2.24) is 44.4 Å². The fourth-order valence-corrected chi connectivity index (χ4v) is 5.85. The molecule has 0 saturated heterocycles. The highest BCUT2D eigenvalue weighted by Crippen LogP contribution is 2.81. The average Bonchev–Trinajstić information content (AvgIpc) is 3.50. The summed E-state index contributed by atoms with van der Waals surface area (Å²) in [5.41, 5.74) is 5.56. The number of fused-ring (bicyclic) bond motifs is 2. The number of H-pyrrole nitrogens is 1. The van der Waals surface area contributed by atoms with Crippen LogP contribution in [0.25, 0.3) is 28.0 Å². The van der Waals surface area contributed by atoms with Gasteiger partial charge in [-0.15, -0.1) is 0 Å². The quantitative estimate of drug-likeness (QED) is 0.452. The zero-order valence-electron chi connectivity index (χ0n) is 17.9. The fourth-order valence-electron chi connectivity index (χ4n) is 5.85. The molecule has 2 fully saturated rings. The lowest BCUT2D eigenvalue weighted by Gasteiger charge is -2.31. The number of aryl methyl sites for hydroxylation is 1. The molecular weight excluding hydrogens is 416 g/mol. The van der Waals surface area contributed by atoms with Gasteiger partial charge >= 0.3 is 0 Å². The summed E-state index contributed by atoms with van der Waals surface area (Å²) in [5, 5.41) is 30.1. The third kappa shape index (κ3) is 2.50. The first kappa shape index (κ1) is 18.3. The van der Waals surface area contributed by atoms with Crippen molar-refractivity contribution in [3.05, 3.63) is 61.2 Å². The van der Waals surface area contributed by atoms with Gasteiger partial charge in [0.1, 0.15) is 0 Å². The van der Waals surface area contributed by atoms with Gasteiger partial charge in [-0.1, -0.05) is 0 Å². The summed E-state index contributed by atoms with van der Waals surface area (Å²) in [6.07, 6.45) is 14.7. The van der Waals surface area contributed by atoms with Crippen molar-refractivity contribution in [2.45, 2.75) is 24.8 Å². The lowest BCUT2D eigenvalue weighted by molar-refractivity contribution is 0.243. The molecule has 2 saturated carbocycles. The largest absolute Gasteiger partial charge is 0.282 e. The summed E-state index contributed by atoms with van der Waals surface area (Å²) in [6, 6.07) is 6.61. The topological polar surface area (TPSA) is 118 Å². The second kappa shape index (κ2) is 6.38. The van der Waals surface area contributed by atoms with Crippen molar-refractivity contribution < 1.29 is 0 Å². The van der Waals surface area contributed by atoms with Crippen LogP contribution in [0.15, 0.2) is 55.5 Å². The molecule has 5 aromatic heterocycles. The SMILES string of the molecule is Cn1cc(-c2cn3nccc3c(-c3cnn(C4C5[C@H](c6ccn[nH]6)C[C@]54CC#N)c3)n2)cn1. The van der Waals surface area contributed by atoms with E-state index in [1.165, 1.54) is 0 Å². The predicted molar refractivity (Wildman–Crippen MR) is 118 cm³/mol. The minimum Gasteiger partial charge on any atom is -0.282 e. The van der Waals surface area contributed by atoms with E-state index in [9.17, 15) is 5.26 Å². The molecule has 0 amide bonds. The Morgan fingerprint density at radius 2 is 2.03 bits per heavy atom. The van der Waals surface area contributed by atoms with Crippen molar-refractivity contribution in [1.29, 1.82) is 5.26 Å². The number of hydrogen-bond acceptors (Lipinski definition) is 6. The second-order valence-corrected chi connectivity index (χ2v) is 9.11. The first-order valence-corrected chi connectivity index (χ1v) is 10.9. The van der Waals surface area contributed by atoms with Crippen LogP contribution in [0.5, 0.6) is 0 Å². The monoisotopic (exact) mass is 436 g/mol. The Kier molecular flexibility index (Phi) is 3.55. The number of hydrogen-bond donors (Lipinski definition) is 1. The smallest absolute Gasteiger partial charge is 0.0999 e. The molecule has 7 rings (SSSR count). The summed E-state index contributed by atoms with van der Waals surface area (Å²) in [6.45, 7) is 0. The lowest BCUT2D eigenvalue weighted by Crippen LogP contribution is -2.24. The first-order valence-electron chi connectivity index (χ1n) is 10.9. The predicted octanol–water partition coefficient (Wildman–Crippen LogP) is 2.97. The standard InChI is InChI=1S/C23H20N10/c1-31-11-14(9-27-31)18-13-32-19(3-7-26-32)21(29-18)15-10-28-33(12-15)22-20-16(17-2-6-25-30-17)8-23(20,22)4-5-24/h2-3,6-7,9-13,16,20,22H,4,8H2,1H3,(H,25,30)/t16-,20?,22?,23+/m0/s1. The van der Waals surface area contributed by atoms with Gasteiger partial charge in [0.2, 0.25) is 0 Å². The van der Waals surface area contributed by atoms with Gasteiger partial charge in [0, 0.05) is 60.2 Å². The molecule has 0 spiro atoms. The molecule has 1 N–H and O–H groups in total. The maximum Gasteiger partial charge on any atom is 0.0999 e. The third-order valence-corrected chi connectivity index (χ3v) is 7.40. The molecule has 5 aromatic rings. The van der Waals surface area contributed by atoms with Crippen LogP contribution < -0.4 is 0 Å². The molecule has 10 heteroatoms. The number of nitrogens with zero attached hydrogens (tertiary/aromatic N) is 9. The van der Waals surface area contributed by atoms with E-state index in [2.05, 4.69) is 32.7 Å². The van der Waals surface area contributed by atoms with Gasteiger partial charge in [-0.25, -0.2) is 9.50 Å². The third-order valence-electron chi connectivity index (χ3n) is 7.40. The molecule has 10 nitrogen and oxygen atoms in total. The highest BCUT2D eigenvalue weighted by Gasteiger charge is 2.76. The van der Waals surface area contributed by atoms with Crippen LogP contribution in [0.3, 0.4) is 0 Å². The zero-order chi connectivity index (χ0) is 22.2. The van der Waals surface area contributed by atoms with Gasteiger partial charge in [-0.2, -0.15) is 25.7 Å². The van der Waals surface area contributed by atoms with E-state index >= 15 is 0 Å². The van der Waals surface area contributed by atoms with Crippen molar-refractivity contribution in [3.8, 4) is 28.6 Å². The summed E-state index contributed by atoms with van der Waals surface area (Å²) in [7, 11) is 1.89. The molecule has 5 heterocycles. The van der Waals surface area contributed by atoms with Crippen LogP contribution in [0.4, 0.5) is 0 Å². The number of nitriles is 1. The van der Waals surface area contributed by atoms with Gasteiger partial charge in [0.05, 0.1) is 53.8 Å². The highest BCUT2D eigenvalue weighted by atomic mass is 15.3. The normalized spacial score (nSPS) is 25.5. The Morgan fingerprint density at radius 1 is 1.12 bits per heavy atom. The molecule has 0 aromatic carbocycles. The molecule has 2 unspecified atom stereocenters. The van der Waals surface area contributed by atoms with E-state index in [0.717, 1.165) is 40.1 Å². The Labute approximate surface area is 188 Å². The van der Waals surface area contributed by atoms with Gasteiger partial charge in [-0.3, -0.25) is 14.5 Å². The van der Waals surface area contributed by atoms with Crippen LogP contribution in [0.1, 0.15) is 30.5 Å². The highest BCUT2D eigenvalue weighted by molar-refractivity contribution is 5.78. The van der Waals surface area contributed by atoms with E-state index in [0.29, 0.717) is 18.3 Å². The van der Waals surface area contributed by atoms with Crippen molar-refractivity contribution in [3.63, 3.8) is 0 Å². The number of nitrogens with one attached hydrogen (secondary N) is 1. The Balaban J connectivity index is 1.27. The van der Waals surface area contributed by atoms with Crippen LogP contribution in [0, 0.1) is 22.7 Å². The Morgan fingerprint density at radius 3 is 2.82 bits per heavy atom. The van der Waals surface area contributed by atoms with E-state index in [4.69, 9.17) is 10.1 Å². The summed E-state index contributed by atoms with van der Waals surface area (Å²) < 4.78 is 5.64. The molecule has 2 aliphatic rings. The van der Waals surface area contributed by atoms with Crippen LogP contribution in [-0.4, -0.2) is 44.4 Å². The minimum atomic E-state index is 0.00470. The van der Waals surface area contributed by atoms with Crippen LogP contribution >= 0.6 is 0 Å². The van der Waals surface area contributed by atoms with Crippen molar-refractivity contribution >= 4 is 5.52 Å². The van der Waals surface area contributed by atoms with E-state index in [1.807, 2.05) is 47.0 Å². The molecule has 0 radical (unpaired) electrons. The van der Waals surface area contributed by atoms with Crippen molar-refractivity contribution in [2.24, 2.45) is 18.4 Å². The minimum absolute atomic E-state index is 0.00470. The summed E-state index contributed by atoms with van der Waals surface area (Å²) >= 11 is 0. The lowest BCUT2D eigenvalue weighted by atomic mass is 9.72. The second-order valence-electron chi connectivity index (χ2n) is 9.11. The Bertz CT molecular complexity index is 1530. The Hall–Kier alpha value is -4.26. The van der Waals surface area contributed by atoms with Crippen LogP contribution in [0.2, 0.25) is 0 Å². The molecule has 162 valence electrons. The molecule has 33 heavy (non-hydrogen) atoms. The van der Waals surface area contributed by atoms with E-state index in [-0.39, 0.29) is 11.5 Å². The average molecular weight is 436 g/mol. The van der Waals surface area contributed by atoms with Crippen molar-refractivity contribution in [2.75, 3.05) is 0 Å². The summed E-state index contributed by atoms with van der Waals surface area (Å²) in [5.74, 6) is 0.794. The molecule has 4 atom stereocenters. The molecule has 0 aliphatic heterocycles. The first-order chi connectivity index (χ1) is 16.2. The van der Waals surface area contributed by atoms with Gasteiger partial charge in [0.25, 0.3) is 0 Å². The maximum atomic E-state index is 9.47. The number of aromatic nitrogens is 9. The van der Waals surface area contributed by atoms with Crippen LogP contribution in [-0.2, 0) is 7.05 Å². The number of rotatable bonds is 5. The van der Waals surface area contributed by atoms with Gasteiger partial charge in [0.15, 0.2) is 0 Å². The van der Waals surface area contributed by atoms with E-state index in [1.54, 1.807) is 23.3 Å². The fraction of sp³-hybridized carbons (Fsp3) is 0.304. The number of aromatic amines is 1. The van der Waals surface area contributed by atoms with Gasteiger partial charge in [-0.05, 0) is 24.5 Å². The molecular formula is C23H20N10. The maximum absolute atomic E-state index is 9.47. The van der Waals surface area contributed by atoms with E-state index < -0.39 is 0 Å². The molecule has 2 aliphatic carbocycles. The zero-order valence-corrected chi connectivity index (χ0v) is 17.9. The van der Waals surface area contributed by atoms with Gasteiger partial charge < -0.3 is 0 Å².